The van der Waals surface area contributed by atoms with Crippen LogP contribution in [0.3, 0.4) is 0 Å². The van der Waals surface area contributed by atoms with Crippen molar-refractivity contribution >= 4 is 5.97 Å². The van der Waals surface area contributed by atoms with Crippen molar-refractivity contribution in [1.82, 2.24) is 0 Å². The monoisotopic (exact) mass is 238 g/mol. The molecule has 0 radical (unpaired) electrons. The Morgan fingerprint density at radius 1 is 1.24 bits per heavy atom. The summed E-state index contributed by atoms with van der Waals surface area (Å²) in [6, 6.07) is 3.54. The number of carboxylic acids is 1. The Kier molecular flexibility index (Phi) is 4.37. The highest BCUT2D eigenvalue weighted by Crippen LogP contribution is 2.35. The number of ether oxygens (including phenoxy) is 2. The molecule has 1 N–H and O–H groups in total. The van der Waals surface area contributed by atoms with E-state index in [-0.39, 0.29) is 12.3 Å². The zero-order valence-electron chi connectivity index (χ0n) is 10.6. The smallest absolute Gasteiger partial charge is 0.307 e. The van der Waals surface area contributed by atoms with Gasteiger partial charge in [-0.1, -0.05) is 13.8 Å². The molecule has 0 aliphatic carbocycles. The third kappa shape index (κ3) is 2.90. The van der Waals surface area contributed by atoms with E-state index in [1.807, 2.05) is 13.8 Å². The highest BCUT2D eigenvalue weighted by Gasteiger charge is 2.19. The van der Waals surface area contributed by atoms with Gasteiger partial charge in [0.05, 0.1) is 20.6 Å². The maximum Gasteiger partial charge on any atom is 0.307 e. The Balaban J connectivity index is 3.40. The van der Waals surface area contributed by atoms with E-state index in [9.17, 15) is 4.79 Å². The minimum absolute atomic E-state index is 0.0616. The second kappa shape index (κ2) is 5.57. The van der Waals surface area contributed by atoms with Crippen LogP contribution in [-0.4, -0.2) is 25.3 Å². The quantitative estimate of drug-likeness (QED) is 0.856. The average Bonchev–Trinajstić information content (AvgIpc) is 2.27. The third-order valence-electron chi connectivity index (χ3n) is 2.62. The van der Waals surface area contributed by atoms with E-state index in [1.165, 1.54) is 7.11 Å². The van der Waals surface area contributed by atoms with Crippen LogP contribution in [0.1, 0.15) is 30.9 Å². The summed E-state index contributed by atoms with van der Waals surface area (Å²) in [4.78, 5) is 10.9. The Labute approximate surface area is 101 Å². The van der Waals surface area contributed by atoms with Gasteiger partial charge in [-0.2, -0.15) is 0 Å². The lowest BCUT2D eigenvalue weighted by molar-refractivity contribution is -0.136. The first-order valence-corrected chi connectivity index (χ1v) is 5.46. The van der Waals surface area contributed by atoms with Crippen LogP contribution < -0.4 is 9.47 Å². The van der Waals surface area contributed by atoms with E-state index in [4.69, 9.17) is 14.6 Å². The molecule has 0 saturated heterocycles. The molecule has 1 aromatic carbocycles. The van der Waals surface area contributed by atoms with Crippen LogP contribution in [-0.2, 0) is 11.2 Å². The van der Waals surface area contributed by atoms with Crippen LogP contribution in [0, 0.1) is 0 Å². The van der Waals surface area contributed by atoms with Crippen molar-refractivity contribution in [2.24, 2.45) is 0 Å². The molecule has 0 atom stereocenters. The SMILES string of the molecule is COc1ccc(OC)c(C(C)C)c1CC(=O)O. The largest absolute Gasteiger partial charge is 0.496 e. The van der Waals surface area contributed by atoms with Crippen molar-refractivity contribution in [1.29, 1.82) is 0 Å². The lowest BCUT2D eigenvalue weighted by Gasteiger charge is -2.18. The number of hydrogen-bond acceptors (Lipinski definition) is 3. The minimum Gasteiger partial charge on any atom is -0.496 e. The predicted molar refractivity (Wildman–Crippen MR) is 65.0 cm³/mol. The molecule has 1 rings (SSSR count). The fourth-order valence-corrected chi connectivity index (χ4v) is 1.96. The predicted octanol–water partition coefficient (Wildman–Crippen LogP) is 2.45. The van der Waals surface area contributed by atoms with Crippen LogP contribution in [0.25, 0.3) is 0 Å². The molecular formula is C13H18O4. The lowest BCUT2D eigenvalue weighted by atomic mass is 9.93. The van der Waals surface area contributed by atoms with E-state index in [0.29, 0.717) is 17.1 Å². The summed E-state index contributed by atoms with van der Waals surface area (Å²) in [6.45, 7) is 4.01. The van der Waals surface area contributed by atoms with Crippen molar-refractivity contribution in [3.05, 3.63) is 23.3 Å². The van der Waals surface area contributed by atoms with Crippen LogP contribution in [0.15, 0.2) is 12.1 Å². The zero-order valence-corrected chi connectivity index (χ0v) is 10.6. The highest BCUT2D eigenvalue weighted by atomic mass is 16.5. The van der Waals surface area contributed by atoms with Gasteiger partial charge in [0.25, 0.3) is 0 Å². The summed E-state index contributed by atoms with van der Waals surface area (Å²) < 4.78 is 10.5. The van der Waals surface area contributed by atoms with Gasteiger partial charge in [0.1, 0.15) is 11.5 Å². The summed E-state index contributed by atoms with van der Waals surface area (Å²) in [6.07, 6.45) is -0.0616. The van der Waals surface area contributed by atoms with Crippen LogP contribution in [0.5, 0.6) is 11.5 Å². The fraction of sp³-hybridized carbons (Fsp3) is 0.462. The topological polar surface area (TPSA) is 55.8 Å². The number of aliphatic carboxylic acids is 1. The molecule has 17 heavy (non-hydrogen) atoms. The molecule has 1 aromatic rings. The summed E-state index contributed by atoms with van der Waals surface area (Å²) in [5.41, 5.74) is 1.59. The van der Waals surface area contributed by atoms with Gasteiger partial charge >= 0.3 is 5.97 Å². The Morgan fingerprint density at radius 3 is 2.18 bits per heavy atom. The van der Waals surface area contributed by atoms with Crippen LogP contribution >= 0.6 is 0 Å². The third-order valence-corrected chi connectivity index (χ3v) is 2.62. The van der Waals surface area contributed by atoms with Gasteiger partial charge in [-0.05, 0) is 18.1 Å². The molecule has 0 saturated carbocycles. The number of benzene rings is 1. The van der Waals surface area contributed by atoms with E-state index in [1.54, 1.807) is 19.2 Å². The molecule has 0 fully saturated rings. The van der Waals surface area contributed by atoms with Crippen molar-refractivity contribution < 1.29 is 19.4 Å². The molecule has 0 aliphatic heterocycles. The van der Waals surface area contributed by atoms with Gasteiger partial charge in [0.2, 0.25) is 0 Å². The fourth-order valence-electron chi connectivity index (χ4n) is 1.96. The van der Waals surface area contributed by atoms with Gasteiger partial charge in [0.15, 0.2) is 0 Å². The number of hydrogen-bond donors (Lipinski definition) is 1. The van der Waals surface area contributed by atoms with Crippen molar-refractivity contribution in [3.63, 3.8) is 0 Å². The van der Waals surface area contributed by atoms with Gasteiger partial charge < -0.3 is 14.6 Å². The van der Waals surface area contributed by atoms with Crippen LogP contribution in [0.2, 0.25) is 0 Å². The minimum atomic E-state index is -0.876. The Morgan fingerprint density at radius 2 is 1.76 bits per heavy atom. The second-order valence-corrected chi connectivity index (χ2v) is 4.09. The Bertz CT molecular complexity index is 410. The number of methoxy groups -OCH3 is 2. The zero-order chi connectivity index (χ0) is 13.0. The van der Waals surface area contributed by atoms with E-state index in [2.05, 4.69) is 0 Å². The maximum atomic E-state index is 10.9. The molecular weight excluding hydrogens is 220 g/mol. The highest BCUT2D eigenvalue weighted by molar-refractivity contribution is 5.73. The molecule has 0 aromatic heterocycles. The lowest BCUT2D eigenvalue weighted by Crippen LogP contribution is -2.08. The first-order valence-electron chi connectivity index (χ1n) is 5.46. The van der Waals surface area contributed by atoms with Crippen molar-refractivity contribution in [2.75, 3.05) is 14.2 Å². The standard InChI is InChI=1S/C13H18O4/c1-8(2)13-9(7-12(14)15)10(16-3)5-6-11(13)17-4/h5-6,8H,7H2,1-4H3,(H,14,15). The summed E-state index contributed by atoms with van der Waals surface area (Å²) in [5.74, 6) is 0.599. The van der Waals surface area contributed by atoms with Gasteiger partial charge in [0, 0.05) is 11.1 Å². The van der Waals surface area contributed by atoms with Gasteiger partial charge in [-0.25, -0.2) is 0 Å². The van der Waals surface area contributed by atoms with Gasteiger partial charge in [-0.15, -0.1) is 0 Å². The molecule has 0 spiro atoms. The second-order valence-electron chi connectivity index (χ2n) is 4.09. The summed E-state index contributed by atoms with van der Waals surface area (Å²) in [5, 5.41) is 8.96. The van der Waals surface area contributed by atoms with Gasteiger partial charge in [-0.3, -0.25) is 4.79 Å². The summed E-state index contributed by atoms with van der Waals surface area (Å²) in [7, 11) is 3.12. The Hall–Kier alpha value is -1.71. The molecule has 0 unspecified atom stereocenters. The molecule has 0 aliphatic rings. The molecule has 0 heterocycles. The van der Waals surface area contributed by atoms with E-state index >= 15 is 0 Å². The van der Waals surface area contributed by atoms with Crippen molar-refractivity contribution in [3.8, 4) is 11.5 Å². The molecule has 4 nitrogen and oxygen atoms in total. The van der Waals surface area contributed by atoms with Crippen molar-refractivity contribution in [2.45, 2.75) is 26.2 Å². The summed E-state index contributed by atoms with van der Waals surface area (Å²) >= 11 is 0. The van der Waals surface area contributed by atoms with E-state index in [0.717, 1.165) is 5.56 Å². The number of carboxylic acid groups (broad SMARTS) is 1. The first kappa shape index (κ1) is 13.4. The molecule has 0 amide bonds. The number of carbonyl (C=O) groups is 1. The average molecular weight is 238 g/mol. The first-order chi connectivity index (χ1) is 8.01. The van der Waals surface area contributed by atoms with Crippen LogP contribution in [0.4, 0.5) is 0 Å². The molecule has 4 heteroatoms. The number of rotatable bonds is 5. The molecule has 0 bridgehead atoms. The van der Waals surface area contributed by atoms with E-state index < -0.39 is 5.97 Å². The maximum absolute atomic E-state index is 10.9. The normalized spacial score (nSPS) is 10.4. The molecule has 94 valence electrons.